The lowest BCUT2D eigenvalue weighted by Crippen LogP contribution is -2.43. The molecule has 9 nitrogen and oxygen atoms in total. The van der Waals surface area contributed by atoms with Gasteiger partial charge in [0.15, 0.2) is 5.17 Å². The fourth-order valence-corrected chi connectivity index (χ4v) is 6.63. The highest BCUT2D eigenvalue weighted by Crippen LogP contribution is 2.42. The number of hydrogen-bond donors (Lipinski definition) is 1. The number of anilines is 1. The minimum atomic E-state index is -3.42. The van der Waals surface area contributed by atoms with Crippen LogP contribution in [0.5, 0.6) is 5.75 Å². The number of nitrogens with zero attached hydrogens (tertiary/aromatic N) is 3. The normalized spacial score (nSPS) is 20.1. The van der Waals surface area contributed by atoms with Gasteiger partial charge in [-0.2, -0.15) is 0 Å². The molecule has 0 aromatic heterocycles. The molecule has 5 rings (SSSR count). The lowest BCUT2D eigenvalue weighted by atomic mass is 10.0. The summed E-state index contributed by atoms with van der Waals surface area (Å²) in [6.07, 6.45) is 0. The number of fused-ring (bicyclic) bond motifs is 3. The SMILES string of the molecule is COc1ccc(C(CNC(=O)c2ccc3c(c2)SC2=NS(=O)(=O)CCN23)N2CCOCC2)cc1. The third-order valence-electron chi connectivity index (χ3n) is 6.18. The number of thioether (sulfide) groups is 1. The van der Waals surface area contributed by atoms with Crippen LogP contribution in [0, 0.1) is 0 Å². The molecule has 0 aliphatic carbocycles. The molecule has 2 aromatic carbocycles. The molecular weight excluding hydrogens is 476 g/mol. The molecule has 11 heteroatoms. The molecule has 0 radical (unpaired) electrons. The molecule has 3 aliphatic heterocycles. The van der Waals surface area contributed by atoms with E-state index in [0.29, 0.717) is 37.0 Å². The van der Waals surface area contributed by atoms with Crippen molar-refractivity contribution in [3.05, 3.63) is 53.6 Å². The van der Waals surface area contributed by atoms with E-state index >= 15 is 0 Å². The molecule has 3 aliphatic rings. The lowest BCUT2D eigenvalue weighted by Gasteiger charge is -2.35. The number of hydrogen-bond acceptors (Lipinski definition) is 8. The first kappa shape index (κ1) is 23.2. The molecule has 1 atom stereocenters. The molecule has 1 amide bonds. The van der Waals surface area contributed by atoms with Gasteiger partial charge in [-0.05, 0) is 47.7 Å². The van der Waals surface area contributed by atoms with E-state index in [2.05, 4.69) is 14.6 Å². The van der Waals surface area contributed by atoms with E-state index in [1.165, 1.54) is 11.8 Å². The zero-order valence-electron chi connectivity index (χ0n) is 18.8. The number of carbonyl (C=O) groups excluding carboxylic acids is 1. The molecule has 1 unspecified atom stereocenters. The van der Waals surface area contributed by atoms with E-state index in [4.69, 9.17) is 9.47 Å². The first-order valence-electron chi connectivity index (χ1n) is 11.1. The number of ether oxygens (including phenoxy) is 2. The molecular formula is C23H26N4O5S2. The monoisotopic (exact) mass is 502 g/mol. The average molecular weight is 503 g/mol. The Morgan fingerprint density at radius 3 is 2.68 bits per heavy atom. The summed E-state index contributed by atoms with van der Waals surface area (Å²) in [6.45, 7) is 3.74. The summed E-state index contributed by atoms with van der Waals surface area (Å²) < 4.78 is 38.4. The highest BCUT2D eigenvalue weighted by Gasteiger charge is 2.33. The fraction of sp³-hybridized carbons (Fsp3) is 0.391. The minimum Gasteiger partial charge on any atom is -0.497 e. The Bertz CT molecular complexity index is 1210. The smallest absolute Gasteiger partial charge is 0.257 e. The van der Waals surface area contributed by atoms with Crippen LogP contribution in [0.2, 0.25) is 0 Å². The Kier molecular flexibility index (Phi) is 6.52. The van der Waals surface area contributed by atoms with Gasteiger partial charge in [-0.15, -0.1) is 4.40 Å². The maximum Gasteiger partial charge on any atom is 0.257 e. The quantitative estimate of drug-likeness (QED) is 0.641. The standard InChI is InChI=1S/C23H26N4O5S2/c1-31-18-5-2-16(3-6-18)20(26-8-11-32-12-9-26)15-24-22(28)17-4-7-19-21(14-17)33-23-25-34(29,30)13-10-27(19)23/h2-7,14,20H,8-13,15H2,1H3,(H,24,28). The highest BCUT2D eigenvalue weighted by molar-refractivity contribution is 8.15. The first-order valence-corrected chi connectivity index (χ1v) is 13.5. The van der Waals surface area contributed by atoms with Crippen LogP contribution in [0.4, 0.5) is 5.69 Å². The van der Waals surface area contributed by atoms with Gasteiger partial charge in [-0.3, -0.25) is 9.69 Å². The summed E-state index contributed by atoms with van der Waals surface area (Å²) in [5, 5.41) is 3.54. The van der Waals surface area contributed by atoms with Crippen LogP contribution in [0.15, 0.2) is 51.8 Å². The highest BCUT2D eigenvalue weighted by atomic mass is 32.2. The van der Waals surface area contributed by atoms with Gasteiger partial charge in [-0.25, -0.2) is 8.42 Å². The van der Waals surface area contributed by atoms with Crippen LogP contribution in [-0.2, 0) is 14.8 Å². The first-order chi connectivity index (χ1) is 16.4. The third kappa shape index (κ3) is 4.78. The number of rotatable bonds is 6. The Balaban J connectivity index is 1.31. The van der Waals surface area contributed by atoms with Crippen LogP contribution in [0.1, 0.15) is 22.0 Å². The van der Waals surface area contributed by atoms with Crippen LogP contribution < -0.4 is 15.0 Å². The van der Waals surface area contributed by atoms with Crippen molar-refractivity contribution in [2.24, 2.45) is 4.40 Å². The van der Waals surface area contributed by atoms with Gasteiger partial charge in [-0.1, -0.05) is 12.1 Å². The van der Waals surface area contributed by atoms with Crippen LogP contribution in [-0.4, -0.2) is 76.6 Å². The molecule has 1 saturated heterocycles. The summed E-state index contributed by atoms with van der Waals surface area (Å²) >= 11 is 1.28. The average Bonchev–Trinajstić information content (AvgIpc) is 3.20. The summed E-state index contributed by atoms with van der Waals surface area (Å²) in [5.74, 6) is 0.611. The van der Waals surface area contributed by atoms with Crippen molar-refractivity contribution in [2.75, 3.05) is 57.2 Å². The van der Waals surface area contributed by atoms with E-state index < -0.39 is 10.0 Å². The molecule has 1 N–H and O–H groups in total. The fourth-order valence-electron chi connectivity index (χ4n) is 4.34. The maximum absolute atomic E-state index is 13.1. The van der Waals surface area contributed by atoms with Crippen LogP contribution >= 0.6 is 11.8 Å². The molecule has 0 spiro atoms. The number of sulfonamides is 1. The molecule has 34 heavy (non-hydrogen) atoms. The van der Waals surface area contributed by atoms with Gasteiger partial charge in [0, 0.05) is 36.6 Å². The van der Waals surface area contributed by atoms with Crippen molar-refractivity contribution in [3.8, 4) is 5.75 Å². The second-order valence-electron chi connectivity index (χ2n) is 8.24. The molecule has 0 bridgehead atoms. The van der Waals surface area contributed by atoms with Gasteiger partial charge >= 0.3 is 0 Å². The second kappa shape index (κ2) is 9.57. The van der Waals surface area contributed by atoms with Crippen molar-refractivity contribution in [3.63, 3.8) is 0 Å². The molecule has 1 fully saturated rings. The van der Waals surface area contributed by atoms with Crippen molar-refractivity contribution in [1.29, 1.82) is 0 Å². The molecule has 180 valence electrons. The van der Waals surface area contributed by atoms with E-state index in [9.17, 15) is 13.2 Å². The number of carbonyl (C=O) groups is 1. The summed E-state index contributed by atoms with van der Waals surface area (Å²) in [4.78, 5) is 18.1. The summed E-state index contributed by atoms with van der Waals surface area (Å²) in [6, 6.07) is 13.4. The van der Waals surface area contributed by atoms with Gasteiger partial charge < -0.3 is 19.7 Å². The molecule has 3 heterocycles. The maximum atomic E-state index is 13.1. The number of benzene rings is 2. The van der Waals surface area contributed by atoms with E-state index in [1.807, 2.05) is 35.2 Å². The molecule has 0 saturated carbocycles. The number of morpholine rings is 1. The Hall–Kier alpha value is -2.60. The number of methoxy groups -OCH3 is 1. The van der Waals surface area contributed by atoms with Gasteiger partial charge in [0.2, 0.25) is 0 Å². The molecule has 2 aromatic rings. The summed E-state index contributed by atoms with van der Waals surface area (Å²) in [7, 11) is -1.78. The largest absolute Gasteiger partial charge is 0.497 e. The van der Waals surface area contributed by atoms with Gasteiger partial charge in [0.25, 0.3) is 15.9 Å². The summed E-state index contributed by atoms with van der Waals surface area (Å²) in [5.41, 5.74) is 2.52. The van der Waals surface area contributed by atoms with Crippen molar-refractivity contribution < 1.29 is 22.7 Å². The Labute approximate surface area is 203 Å². The van der Waals surface area contributed by atoms with E-state index in [0.717, 1.165) is 35.0 Å². The second-order valence-corrected chi connectivity index (χ2v) is 11.0. The van der Waals surface area contributed by atoms with E-state index in [-0.39, 0.29) is 17.7 Å². The van der Waals surface area contributed by atoms with Gasteiger partial charge in [0.05, 0.1) is 37.8 Å². The number of nitrogens with one attached hydrogen (secondary N) is 1. The number of amides is 1. The van der Waals surface area contributed by atoms with Crippen molar-refractivity contribution in [2.45, 2.75) is 10.9 Å². The number of amidine groups is 1. The zero-order valence-corrected chi connectivity index (χ0v) is 20.4. The van der Waals surface area contributed by atoms with E-state index in [1.54, 1.807) is 19.2 Å². The third-order valence-corrected chi connectivity index (χ3v) is 8.48. The van der Waals surface area contributed by atoms with Gasteiger partial charge in [0.1, 0.15) is 5.75 Å². The Morgan fingerprint density at radius 1 is 1.18 bits per heavy atom. The Morgan fingerprint density at radius 2 is 1.94 bits per heavy atom. The predicted molar refractivity (Wildman–Crippen MR) is 131 cm³/mol. The van der Waals surface area contributed by atoms with Crippen molar-refractivity contribution >= 4 is 38.5 Å². The minimum absolute atomic E-state index is 0.00692. The van der Waals surface area contributed by atoms with Crippen molar-refractivity contribution in [1.82, 2.24) is 10.2 Å². The van der Waals surface area contributed by atoms with Crippen LogP contribution in [0.3, 0.4) is 0 Å². The predicted octanol–water partition coefficient (Wildman–Crippen LogP) is 2.11. The topological polar surface area (TPSA) is 101 Å². The zero-order chi connectivity index (χ0) is 23.7. The lowest BCUT2D eigenvalue weighted by molar-refractivity contribution is 0.0162. The van der Waals surface area contributed by atoms with Crippen LogP contribution in [0.25, 0.3) is 0 Å².